The second kappa shape index (κ2) is 6.83. The third kappa shape index (κ3) is 2.79. The highest BCUT2D eigenvalue weighted by molar-refractivity contribution is 7.18. The molecular weight excluding hydrogens is 372 g/mol. The van der Waals surface area contributed by atoms with Crippen LogP contribution >= 0.6 is 11.3 Å². The number of thiophene rings is 1. The predicted molar refractivity (Wildman–Crippen MR) is 109 cm³/mol. The highest BCUT2D eigenvalue weighted by Gasteiger charge is 2.22. The average Bonchev–Trinajstić information content (AvgIpc) is 3.11. The second-order valence-corrected chi connectivity index (χ2v) is 8.05. The molecule has 28 heavy (non-hydrogen) atoms. The van der Waals surface area contributed by atoms with E-state index >= 15 is 0 Å². The van der Waals surface area contributed by atoms with Crippen LogP contribution in [-0.2, 0) is 19.4 Å². The molecule has 0 saturated heterocycles. The number of aryl methyl sites for hydroxylation is 2. The van der Waals surface area contributed by atoms with Gasteiger partial charge in [-0.05, 0) is 55.0 Å². The molecule has 5 rings (SSSR count). The summed E-state index contributed by atoms with van der Waals surface area (Å²) in [4.78, 5) is 36.7. The van der Waals surface area contributed by atoms with Gasteiger partial charge in [0.15, 0.2) is 5.65 Å². The Morgan fingerprint density at radius 3 is 2.96 bits per heavy atom. The number of nitrogens with zero attached hydrogens (tertiary/aromatic N) is 3. The summed E-state index contributed by atoms with van der Waals surface area (Å²) >= 11 is 1.59. The highest BCUT2D eigenvalue weighted by atomic mass is 32.1. The van der Waals surface area contributed by atoms with Crippen LogP contribution < -0.4 is 10.9 Å². The molecule has 140 valence electrons. The van der Waals surface area contributed by atoms with Crippen LogP contribution in [0.2, 0.25) is 0 Å². The molecule has 0 atom stereocenters. The Hall–Kier alpha value is -3.06. The molecule has 1 aliphatic carbocycles. The Labute approximate surface area is 164 Å². The van der Waals surface area contributed by atoms with Gasteiger partial charge in [-0.2, -0.15) is 0 Å². The highest BCUT2D eigenvalue weighted by Crippen LogP contribution is 2.34. The lowest BCUT2D eigenvalue weighted by molar-refractivity contribution is 0.0952. The normalized spacial score (nSPS) is 13.6. The molecule has 0 fully saturated rings. The number of hydrogen-bond donors (Lipinski definition) is 1. The fraction of sp³-hybridized carbons (Fsp3) is 0.238. The van der Waals surface area contributed by atoms with Gasteiger partial charge in [0.25, 0.3) is 11.5 Å². The third-order valence-electron chi connectivity index (χ3n) is 5.18. The van der Waals surface area contributed by atoms with Gasteiger partial charge in [-0.25, -0.2) is 4.98 Å². The van der Waals surface area contributed by atoms with Crippen molar-refractivity contribution in [1.29, 1.82) is 0 Å². The van der Waals surface area contributed by atoms with E-state index in [-0.39, 0.29) is 11.5 Å². The Morgan fingerprint density at radius 1 is 1.21 bits per heavy atom. The first kappa shape index (κ1) is 17.1. The molecule has 1 N–H and O–H groups in total. The van der Waals surface area contributed by atoms with Crippen molar-refractivity contribution < 1.29 is 4.79 Å². The van der Waals surface area contributed by atoms with Gasteiger partial charge in [-0.15, -0.1) is 11.3 Å². The third-order valence-corrected chi connectivity index (χ3v) is 6.37. The minimum atomic E-state index is -0.255. The number of aromatic nitrogens is 3. The lowest BCUT2D eigenvalue weighted by Gasteiger charge is -2.10. The minimum Gasteiger partial charge on any atom is -0.348 e. The summed E-state index contributed by atoms with van der Waals surface area (Å²) in [6.45, 7) is 0.369. The van der Waals surface area contributed by atoms with Gasteiger partial charge in [-0.3, -0.25) is 19.0 Å². The summed E-state index contributed by atoms with van der Waals surface area (Å²) in [5.41, 5.74) is 2.79. The van der Waals surface area contributed by atoms with E-state index < -0.39 is 0 Å². The van der Waals surface area contributed by atoms with Gasteiger partial charge in [0.2, 0.25) is 0 Å². The molecule has 0 spiro atoms. The van der Waals surface area contributed by atoms with Crippen LogP contribution in [-0.4, -0.2) is 20.3 Å². The first-order valence-electron chi connectivity index (χ1n) is 9.35. The van der Waals surface area contributed by atoms with E-state index in [9.17, 15) is 9.59 Å². The van der Waals surface area contributed by atoms with Crippen molar-refractivity contribution >= 4 is 33.1 Å². The number of fused-ring (bicyclic) bond motifs is 4. The van der Waals surface area contributed by atoms with E-state index in [2.05, 4.69) is 10.3 Å². The molecule has 0 bridgehead atoms. The lowest BCUT2D eigenvalue weighted by Crippen LogP contribution is -2.25. The van der Waals surface area contributed by atoms with Gasteiger partial charge in [0.1, 0.15) is 4.83 Å². The SMILES string of the molecule is O=C(NCc1cccnc1)c1cccn2c(=O)c3c4c(sc3nc12)CCCC4. The molecule has 6 nitrogen and oxygen atoms in total. The van der Waals surface area contributed by atoms with Gasteiger partial charge in [-0.1, -0.05) is 6.07 Å². The van der Waals surface area contributed by atoms with Gasteiger partial charge < -0.3 is 5.32 Å². The topological polar surface area (TPSA) is 76.4 Å². The van der Waals surface area contributed by atoms with Crippen molar-refractivity contribution in [2.24, 2.45) is 0 Å². The first-order chi connectivity index (χ1) is 13.7. The molecule has 0 radical (unpaired) electrons. The van der Waals surface area contributed by atoms with Crippen molar-refractivity contribution in [2.45, 2.75) is 32.2 Å². The lowest BCUT2D eigenvalue weighted by atomic mass is 9.97. The van der Waals surface area contributed by atoms with Gasteiger partial charge in [0, 0.05) is 30.0 Å². The maximum Gasteiger partial charge on any atom is 0.266 e. The molecule has 1 amide bonds. The van der Waals surface area contributed by atoms with Gasteiger partial charge in [0.05, 0.1) is 10.9 Å². The molecule has 4 aromatic heterocycles. The number of hydrogen-bond acceptors (Lipinski definition) is 5. The molecule has 0 aliphatic heterocycles. The molecule has 0 unspecified atom stereocenters. The number of pyridine rings is 2. The largest absolute Gasteiger partial charge is 0.348 e. The van der Waals surface area contributed by atoms with Crippen LogP contribution in [0.25, 0.3) is 15.9 Å². The maximum atomic E-state index is 13.2. The Kier molecular flexibility index (Phi) is 4.16. The molecule has 0 saturated carbocycles. The Bertz CT molecular complexity index is 1260. The van der Waals surface area contributed by atoms with Gasteiger partial charge >= 0.3 is 0 Å². The molecule has 0 aromatic carbocycles. The number of amides is 1. The van der Waals surface area contributed by atoms with Crippen molar-refractivity contribution in [2.75, 3.05) is 0 Å². The fourth-order valence-electron chi connectivity index (χ4n) is 3.80. The summed E-state index contributed by atoms with van der Waals surface area (Å²) in [7, 11) is 0. The zero-order valence-corrected chi connectivity index (χ0v) is 16.0. The van der Waals surface area contributed by atoms with Crippen molar-refractivity contribution in [3.8, 4) is 0 Å². The van der Waals surface area contributed by atoms with E-state index in [1.807, 2.05) is 12.1 Å². The summed E-state index contributed by atoms with van der Waals surface area (Å²) in [5.74, 6) is -0.255. The maximum absolute atomic E-state index is 13.2. The van der Waals surface area contributed by atoms with Crippen LogP contribution in [0.3, 0.4) is 0 Å². The van der Waals surface area contributed by atoms with Crippen molar-refractivity contribution in [3.05, 3.63) is 74.8 Å². The Morgan fingerprint density at radius 2 is 2.11 bits per heavy atom. The van der Waals surface area contributed by atoms with E-state index in [0.717, 1.165) is 47.0 Å². The summed E-state index contributed by atoms with van der Waals surface area (Å²) in [6, 6.07) is 7.16. The summed E-state index contributed by atoms with van der Waals surface area (Å²) in [5, 5.41) is 3.62. The summed E-state index contributed by atoms with van der Waals surface area (Å²) < 4.78 is 1.50. The van der Waals surface area contributed by atoms with E-state index in [4.69, 9.17) is 4.98 Å². The molecule has 7 heteroatoms. The number of nitrogens with one attached hydrogen (secondary N) is 1. The molecule has 1 aliphatic rings. The van der Waals surface area contributed by atoms with Crippen molar-refractivity contribution in [1.82, 2.24) is 19.7 Å². The summed E-state index contributed by atoms with van der Waals surface area (Å²) in [6.07, 6.45) is 9.30. The second-order valence-electron chi connectivity index (χ2n) is 6.97. The van der Waals surface area contributed by atoms with Crippen LogP contribution in [0.4, 0.5) is 0 Å². The Balaban J connectivity index is 1.59. The standard InChI is InChI=1S/C21H18N4O2S/c26-19(23-12-13-5-3-9-22-11-13)15-7-4-10-25-18(15)24-20-17(21(25)27)14-6-1-2-8-16(14)28-20/h3-5,7,9-11H,1-2,6,8,12H2,(H,23,26). The minimum absolute atomic E-state index is 0.0821. The fourth-order valence-corrected chi connectivity index (χ4v) is 5.05. The van der Waals surface area contributed by atoms with Crippen LogP contribution in [0, 0.1) is 0 Å². The van der Waals surface area contributed by atoms with E-state index in [0.29, 0.717) is 17.8 Å². The predicted octanol–water partition coefficient (Wildman–Crippen LogP) is 3.11. The number of carbonyl (C=O) groups is 1. The zero-order valence-electron chi connectivity index (χ0n) is 15.1. The quantitative estimate of drug-likeness (QED) is 0.583. The van der Waals surface area contributed by atoms with E-state index in [1.54, 1.807) is 42.1 Å². The number of carbonyl (C=O) groups excluding carboxylic acids is 1. The zero-order chi connectivity index (χ0) is 19.1. The smallest absolute Gasteiger partial charge is 0.266 e. The molecule has 4 aromatic rings. The van der Waals surface area contributed by atoms with Crippen LogP contribution in [0.15, 0.2) is 47.7 Å². The molecular formula is C21H18N4O2S. The number of rotatable bonds is 3. The monoisotopic (exact) mass is 390 g/mol. The average molecular weight is 390 g/mol. The van der Waals surface area contributed by atoms with Crippen molar-refractivity contribution in [3.63, 3.8) is 0 Å². The molecule has 4 heterocycles. The van der Waals surface area contributed by atoms with Crippen LogP contribution in [0.1, 0.15) is 39.2 Å². The van der Waals surface area contributed by atoms with Crippen LogP contribution in [0.5, 0.6) is 0 Å². The first-order valence-corrected chi connectivity index (χ1v) is 10.2. The van der Waals surface area contributed by atoms with E-state index in [1.165, 1.54) is 9.28 Å².